The van der Waals surface area contributed by atoms with Crippen molar-refractivity contribution < 1.29 is 4.79 Å². The fourth-order valence-electron chi connectivity index (χ4n) is 2.09. The maximum atomic E-state index is 11.5. The minimum atomic E-state index is 0.0812. The topological polar surface area (TPSA) is 32.9 Å². The van der Waals surface area contributed by atoms with Crippen LogP contribution in [-0.2, 0) is 0 Å². The predicted molar refractivity (Wildman–Crippen MR) is 84.8 cm³/mol. The van der Waals surface area contributed by atoms with E-state index in [2.05, 4.69) is 23.7 Å². The molecule has 0 unspecified atom stereocenters. The number of aromatic nitrogens is 1. The molecule has 0 spiro atoms. The van der Waals surface area contributed by atoms with Crippen molar-refractivity contribution in [3.05, 3.63) is 65.4 Å². The van der Waals surface area contributed by atoms with Crippen molar-refractivity contribution in [1.29, 1.82) is 0 Å². The Hall–Kier alpha value is -2.35. The van der Waals surface area contributed by atoms with Gasteiger partial charge in [0.25, 0.3) is 0 Å². The molecule has 0 saturated carbocycles. The van der Waals surface area contributed by atoms with Gasteiger partial charge in [0.05, 0.1) is 0 Å². The van der Waals surface area contributed by atoms with Crippen LogP contribution in [0.3, 0.4) is 0 Å². The van der Waals surface area contributed by atoms with Crippen LogP contribution in [0.15, 0.2) is 48.6 Å². The summed E-state index contributed by atoms with van der Waals surface area (Å²) >= 11 is 0. The Kier molecular flexibility index (Phi) is 4.04. The lowest BCUT2D eigenvalue weighted by Crippen LogP contribution is -1.91. The summed E-state index contributed by atoms with van der Waals surface area (Å²) in [6, 6.07) is 9.77. The van der Waals surface area contributed by atoms with Crippen molar-refractivity contribution in [2.75, 3.05) is 0 Å². The quantitative estimate of drug-likeness (QED) is 0.626. The van der Waals surface area contributed by atoms with Crippen LogP contribution in [0.5, 0.6) is 0 Å². The van der Waals surface area contributed by atoms with Gasteiger partial charge in [0.2, 0.25) is 0 Å². The highest BCUT2D eigenvalue weighted by atomic mass is 16.1. The molecule has 1 N–H and O–H groups in total. The van der Waals surface area contributed by atoms with Gasteiger partial charge in [0, 0.05) is 17.0 Å². The van der Waals surface area contributed by atoms with Crippen LogP contribution in [0.2, 0.25) is 0 Å². The summed E-state index contributed by atoms with van der Waals surface area (Å²) in [6.07, 6.45) is 3.93. The van der Waals surface area contributed by atoms with E-state index in [1.54, 1.807) is 6.92 Å². The summed E-state index contributed by atoms with van der Waals surface area (Å²) in [5, 5.41) is 0. The number of carbonyl (C=O) groups excluding carboxylic acids is 1. The van der Waals surface area contributed by atoms with Crippen molar-refractivity contribution in [3.8, 4) is 11.3 Å². The van der Waals surface area contributed by atoms with E-state index in [0.29, 0.717) is 0 Å². The van der Waals surface area contributed by atoms with Crippen LogP contribution in [0, 0.1) is 6.92 Å². The van der Waals surface area contributed by atoms with Gasteiger partial charge in [0.15, 0.2) is 5.78 Å². The lowest BCUT2D eigenvalue weighted by atomic mass is 10.1. The van der Waals surface area contributed by atoms with Crippen LogP contribution in [0.4, 0.5) is 0 Å². The number of ketones is 1. The Labute approximate surface area is 119 Å². The molecule has 20 heavy (non-hydrogen) atoms. The van der Waals surface area contributed by atoms with Crippen molar-refractivity contribution >= 4 is 11.9 Å². The largest absolute Gasteiger partial charge is 0.358 e. The minimum Gasteiger partial charge on any atom is -0.358 e. The van der Waals surface area contributed by atoms with Gasteiger partial charge in [0.1, 0.15) is 0 Å². The van der Waals surface area contributed by atoms with Gasteiger partial charge < -0.3 is 4.98 Å². The summed E-state index contributed by atoms with van der Waals surface area (Å²) in [5.41, 5.74) is 6.15. The van der Waals surface area contributed by atoms with E-state index >= 15 is 0 Å². The Morgan fingerprint density at radius 2 is 2.00 bits per heavy atom. The van der Waals surface area contributed by atoms with Crippen molar-refractivity contribution in [2.24, 2.45) is 0 Å². The number of aromatic amines is 1. The SMILES string of the molecule is C=C/C(C)=C\c1cc(-c2cccc(C(C)=O)c2)[nH]c1C. The van der Waals surface area contributed by atoms with Crippen LogP contribution in [-0.4, -0.2) is 10.8 Å². The smallest absolute Gasteiger partial charge is 0.159 e. The molecule has 0 aliphatic heterocycles. The highest BCUT2D eigenvalue weighted by Crippen LogP contribution is 2.24. The number of hydrogen-bond donors (Lipinski definition) is 1. The number of nitrogens with one attached hydrogen (secondary N) is 1. The second-order valence-corrected chi connectivity index (χ2v) is 4.99. The van der Waals surface area contributed by atoms with E-state index in [1.165, 1.54) is 0 Å². The van der Waals surface area contributed by atoms with E-state index in [1.807, 2.05) is 44.2 Å². The zero-order valence-electron chi connectivity index (χ0n) is 12.2. The Bertz CT molecular complexity index is 689. The van der Waals surface area contributed by atoms with Gasteiger partial charge >= 0.3 is 0 Å². The molecule has 0 aliphatic rings. The summed E-state index contributed by atoms with van der Waals surface area (Å²) in [5.74, 6) is 0.0812. The van der Waals surface area contributed by atoms with Crippen molar-refractivity contribution in [3.63, 3.8) is 0 Å². The average molecular weight is 265 g/mol. The molecule has 2 nitrogen and oxygen atoms in total. The van der Waals surface area contributed by atoms with E-state index in [4.69, 9.17) is 0 Å². The summed E-state index contributed by atoms with van der Waals surface area (Å²) in [6.45, 7) is 9.42. The first-order valence-corrected chi connectivity index (χ1v) is 6.63. The van der Waals surface area contributed by atoms with Gasteiger partial charge in [-0.3, -0.25) is 4.79 Å². The first kappa shape index (κ1) is 14.1. The Morgan fingerprint density at radius 3 is 2.65 bits per heavy atom. The van der Waals surface area contributed by atoms with Crippen LogP contribution >= 0.6 is 0 Å². The molecular formula is C18H19NO. The van der Waals surface area contributed by atoms with Gasteiger partial charge in [-0.2, -0.15) is 0 Å². The number of aryl methyl sites for hydroxylation is 1. The molecule has 0 aliphatic carbocycles. The Balaban J connectivity index is 2.44. The third kappa shape index (κ3) is 2.97. The van der Waals surface area contributed by atoms with Crippen LogP contribution in [0.25, 0.3) is 17.3 Å². The predicted octanol–water partition coefficient (Wildman–Crippen LogP) is 4.78. The van der Waals surface area contributed by atoms with E-state index in [9.17, 15) is 4.79 Å². The first-order valence-electron chi connectivity index (χ1n) is 6.63. The molecule has 2 heteroatoms. The lowest BCUT2D eigenvalue weighted by Gasteiger charge is -2.00. The molecule has 0 bridgehead atoms. The van der Waals surface area contributed by atoms with Crippen molar-refractivity contribution in [2.45, 2.75) is 20.8 Å². The molecule has 2 aromatic rings. The fraction of sp³-hybridized carbons (Fsp3) is 0.167. The number of benzene rings is 1. The molecule has 102 valence electrons. The highest BCUT2D eigenvalue weighted by Gasteiger charge is 2.07. The molecule has 0 radical (unpaired) electrons. The maximum Gasteiger partial charge on any atom is 0.159 e. The number of hydrogen-bond acceptors (Lipinski definition) is 1. The highest BCUT2D eigenvalue weighted by molar-refractivity contribution is 5.95. The number of Topliss-reactive ketones (excluding diaryl/α,β-unsaturated/α-hetero) is 1. The molecular weight excluding hydrogens is 246 g/mol. The molecule has 0 atom stereocenters. The zero-order valence-corrected chi connectivity index (χ0v) is 12.2. The third-order valence-electron chi connectivity index (χ3n) is 3.34. The summed E-state index contributed by atoms with van der Waals surface area (Å²) in [4.78, 5) is 14.8. The van der Waals surface area contributed by atoms with Crippen LogP contribution in [0.1, 0.15) is 35.5 Å². The van der Waals surface area contributed by atoms with Crippen molar-refractivity contribution in [1.82, 2.24) is 4.98 Å². The summed E-state index contributed by atoms with van der Waals surface area (Å²) in [7, 11) is 0. The second-order valence-electron chi connectivity index (χ2n) is 4.99. The summed E-state index contributed by atoms with van der Waals surface area (Å²) < 4.78 is 0. The molecule has 0 fully saturated rings. The fourth-order valence-corrected chi connectivity index (χ4v) is 2.09. The molecule has 1 heterocycles. The minimum absolute atomic E-state index is 0.0812. The molecule has 1 aromatic carbocycles. The monoisotopic (exact) mass is 265 g/mol. The van der Waals surface area contributed by atoms with E-state index in [-0.39, 0.29) is 5.78 Å². The van der Waals surface area contributed by atoms with Gasteiger partial charge in [-0.1, -0.05) is 42.5 Å². The number of carbonyl (C=O) groups is 1. The molecule has 2 rings (SSSR count). The second kappa shape index (κ2) is 5.74. The number of allylic oxidation sites excluding steroid dienone is 2. The first-order chi connectivity index (χ1) is 9.51. The standard InChI is InChI=1S/C18H19NO/c1-5-12(2)9-17-11-18(19-13(17)3)16-8-6-7-15(10-16)14(4)20/h5-11,19H,1H2,2-4H3/b12-9-. The molecule has 0 saturated heterocycles. The van der Waals surface area contributed by atoms with Gasteiger partial charge in [-0.15, -0.1) is 0 Å². The normalized spacial score (nSPS) is 11.4. The van der Waals surface area contributed by atoms with Gasteiger partial charge in [-0.25, -0.2) is 0 Å². The zero-order chi connectivity index (χ0) is 14.7. The maximum absolute atomic E-state index is 11.5. The number of rotatable bonds is 4. The lowest BCUT2D eigenvalue weighted by molar-refractivity contribution is 0.101. The van der Waals surface area contributed by atoms with E-state index in [0.717, 1.165) is 33.7 Å². The van der Waals surface area contributed by atoms with E-state index < -0.39 is 0 Å². The Morgan fingerprint density at radius 1 is 1.25 bits per heavy atom. The third-order valence-corrected chi connectivity index (χ3v) is 3.34. The molecule has 0 amide bonds. The average Bonchev–Trinajstić information content (AvgIpc) is 2.80. The molecule has 1 aromatic heterocycles. The number of H-pyrrole nitrogens is 1. The van der Waals surface area contributed by atoms with Crippen LogP contribution < -0.4 is 0 Å². The van der Waals surface area contributed by atoms with Gasteiger partial charge in [-0.05, 0) is 44.0 Å².